The molecule has 182 valence electrons. The van der Waals surface area contributed by atoms with E-state index >= 15 is 0 Å². The minimum Gasteiger partial charge on any atom is -0.461 e. The molecule has 5 rings (SSSR count). The average molecular weight is 453 g/mol. The van der Waals surface area contributed by atoms with Gasteiger partial charge in [-0.1, -0.05) is 32.9 Å². The van der Waals surface area contributed by atoms with Crippen molar-refractivity contribution in [1.82, 2.24) is 0 Å². The Morgan fingerprint density at radius 2 is 1.85 bits per heavy atom. The van der Waals surface area contributed by atoms with Crippen molar-refractivity contribution in [2.24, 2.45) is 45.3 Å². The lowest BCUT2D eigenvalue weighted by Crippen LogP contribution is -2.54. The molecule has 0 unspecified atom stereocenters. The van der Waals surface area contributed by atoms with Gasteiger partial charge in [0.2, 0.25) is 0 Å². The molecule has 0 bridgehead atoms. The van der Waals surface area contributed by atoms with E-state index < -0.39 is 0 Å². The largest absolute Gasteiger partial charge is 0.461 e. The second kappa shape index (κ2) is 7.56. The van der Waals surface area contributed by atoms with Crippen LogP contribution in [0.1, 0.15) is 98.8 Å². The van der Waals surface area contributed by atoms with Crippen LogP contribution in [0.4, 0.5) is 0 Å². The first-order valence-electron chi connectivity index (χ1n) is 13.5. The molecule has 3 nitrogen and oxygen atoms in total. The molecule has 4 aliphatic carbocycles. The molecule has 5 fully saturated rings. The number of esters is 1. The van der Waals surface area contributed by atoms with E-state index in [0.29, 0.717) is 64.6 Å². The maximum Gasteiger partial charge on any atom is 0.306 e. The van der Waals surface area contributed by atoms with Crippen LogP contribution in [-0.4, -0.2) is 18.4 Å². The molecule has 0 N–H and O–H groups in total. The first-order valence-corrected chi connectivity index (χ1v) is 13.5. The van der Waals surface area contributed by atoms with E-state index in [1.807, 2.05) is 19.9 Å². The third kappa shape index (κ3) is 3.12. The van der Waals surface area contributed by atoms with E-state index in [0.717, 1.165) is 17.9 Å². The van der Waals surface area contributed by atoms with Gasteiger partial charge in [-0.25, -0.2) is 0 Å². The van der Waals surface area contributed by atoms with Gasteiger partial charge in [-0.2, -0.15) is 0 Å². The molecule has 0 amide bonds. The van der Waals surface area contributed by atoms with Crippen molar-refractivity contribution in [2.45, 2.75) is 98.8 Å². The number of carbonyl (C=O) groups is 2. The summed E-state index contributed by atoms with van der Waals surface area (Å²) in [4.78, 5) is 24.9. The third-order valence-corrected chi connectivity index (χ3v) is 11.9. The zero-order valence-electron chi connectivity index (χ0n) is 21.6. The predicted octanol–water partition coefficient (Wildman–Crippen LogP) is 7.06. The molecule has 4 saturated carbocycles. The number of cyclic esters (lactones) is 1. The van der Waals surface area contributed by atoms with Crippen LogP contribution in [0.5, 0.6) is 0 Å². The summed E-state index contributed by atoms with van der Waals surface area (Å²) in [5.74, 6) is 2.62. The van der Waals surface area contributed by atoms with E-state index in [9.17, 15) is 9.59 Å². The zero-order valence-corrected chi connectivity index (χ0v) is 21.6. The Balaban J connectivity index is 1.42. The molecule has 1 aliphatic heterocycles. The molecule has 3 heteroatoms. The fourth-order valence-electron chi connectivity index (χ4n) is 10.3. The average Bonchev–Trinajstić information content (AvgIpc) is 3.32. The van der Waals surface area contributed by atoms with Crippen molar-refractivity contribution in [1.29, 1.82) is 0 Å². The summed E-state index contributed by atoms with van der Waals surface area (Å²) in [5, 5.41) is 0. The predicted molar refractivity (Wildman–Crippen MR) is 131 cm³/mol. The Bertz CT molecular complexity index is 912. The summed E-state index contributed by atoms with van der Waals surface area (Å²) in [6, 6.07) is 0. The van der Waals surface area contributed by atoms with Gasteiger partial charge in [-0.05, 0) is 122 Å². The van der Waals surface area contributed by atoms with Gasteiger partial charge < -0.3 is 4.74 Å². The fraction of sp³-hybridized carbons (Fsp3) is 0.800. The Hall–Kier alpha value is -1.38. The first kappa shape index (κ1) is 23.4. The molecule has 1 heterocycles. The van der Waals surface area contributed by atoms with Crippen molar-refractivity contribution in [3.05, 3.63) is 23.8 Å². The van der Waals surface area contributed by atoms with E-state index in [-0.39, 0.29) is 5.97 Å². The Morgan fingerprint density at radius 1 is 1.09 bits per heavy atom. The van der Waals surface area contributed by atoms with Crippen LogP contribution in [0.2, 0.25) is 0 Å². The van der Waals surface area contributed by atoms with Crippen molar-refractivity contribution >= 4 is 11.8 Å². The van der Waals surface area contributed by atoms with Gasteiger partial charge in [0.25, 0.3) is 0 Å². The Morgan fingerprint density at radius 3 is 2.58 bits per heavy atom. The van der Waals surface area contributed by atoms with Gasteiger partial charge in [0.15, 0.2) is 5.78 Å². The lowest BCUT2D eigenvalue weighted by atomic mass is 9.43. The topological polar surface area (TPSA) is 43.4 Å². The smallest absolute Gasteiger partial charge is 0.306 e. The number of rotatable bonds is 4. The lowest BCUT2D eigenvalue weighted by Gasteiger charge is -2.61. The highest BCUT2D eigenvalue weighted by Gasteiger charge is 2.80. The minimum atomic E-state index is -0.0317. The SMILES string of the molecule is C=C1COC(=O)CC[C@]23C[C@]24CC[C@]2(C)[C@@H]([C@H](C)CC(=O)C=C(C)C)CC[C@@]2(C)[C@@H]4CC[C@@H]13. The van der Waals surface area contributed by atoms with Crippen molar-refractivity contribution in [2.75, 3.05) is 6.61 Å². The number of carbonyl (C=O) groups excluding carboxylic acids is 2. The number of ketones is 1. The van der Waals surface area contributed by atoms with Crippen LogP contribution in [-0.2, 0) is 14.3 Å². The lowest BCUT2D eigenvalue weighted by molar-refractivity contribution is -0.148. The molecular formula is C30H44O3. The van der Waals surface area contributed by atoms with Crippen LogP contribution >= 0.6 is 0 Å². The second-order valence-electron chi connectivity index (χ2n) is 13.3. The van der Waals surface area contributed by atoms with Gasteiger partial charge in [0.1, 0.15) is 6.61 Å². The highest BCUT2D eigenvalue weighted by Crippen LogP contribution is 2.87. The number of fused-ring (bicyclic) bond motifs is 2. The molecule has 5 aliphatic rings. The van der Waals surface area contributed by atoms with E-state index in [1.165, 1.54) is 50.5 Å². The highest BCUT2D eigenvalue weighted by atomic mass is 16.5. The van der Waals surface area contributed by atoms with E-state index in [4.69, 9.17) is 4.74 Å². The second-order valence-corrected chi connectivity index (χ2v) is 13.3. The summed E-state index contributed by atoms with van der Waals surface area (Å²) in [6.07, 6.45) is 13.0. The van der Waals surface area contributed by atoms with Crippen molar-refractivity contribution in [3.63, 3.8) is 0 Å². The normalized spacial score (nSPS) is 47.0. The molecule has 8 atom stereocenters. The maximum atomic E-state index is 12.6. The number of hydrogen-bond donors (Lipinski definition) is 0. The molecular weight excluding hydrogens is 408 g/mol. The van der Waals surface area contributed by atoms with Crippen LogP contribution in [0, 0.1) is 45.3 Å². The van der Waals surface area contributed by atoms with Crippen molar-refractivity contribution in [3.8, 4) is 0 Å². The van der Waals surface area contributed by atoms with Gasteiger partial charge in [-0.3, -0.25) is 9.59 Å². The molecule has 1 saturated heterocycles. The Kier molecular flexibility index (Phi) is 5.35. The van der Waals surface area contributed by atoms with Gasteiger partial charge in [0.05, 0.1) is 0 Å². The summed E-state index contributed by atoms with van der Waals surface area (Å²) in [6.45, 7) is 16.4. The number of ether oxygens (including phenoxy) is 1. The molecule has 0 aromatic rings. The van der Waals surface area contributed by atoms with Crippen molar-refractivity contribution < 1.29 is 14.3 Å². The van der Waals surface area contributed by atoms with E-state index in [1.54, 1.807) is 0 Å². The molecule has 33 heavy (non-hydrogen) atoms. The van der Waals surface area contributed by atoms with Gasteiger partial charge in [0, 0.05) is 12.8 Å². The summed E-state index contributed by atoms with van der Waals surface area (Å²) >= 11 is 0. The zero-order chi connectivity index (χ0) is 23.8. The van der Waals surface area contributed by atoms with Crippen LogP contribution in [0.15, 0.2) is 23.8 Å². The summed E-state index contributed by atoms with van der Waals surface area (Å²) in [7, 11) is 0. The van der Waals surface area contributed by atoms with Crippen LogP contribution in [0.25, 0.3) is 0 Å². The van der Waals surface area contributed by atoms with Gasteiger partial charge in [-0.15, -0.1) is 0 Å². The Labute approximate surface area is 200 Å². The monoisotopic (exact) mass is 452 g/mol. The minimum absolute atomic E-state index is 0.0317. The van der Waals surface area contributed by atoms with Crippen LogP contribution < -0.4 is 0 Å². The summed E-state index contributed by atoms with van der Waals surface area (Å²) < 4.78 is 5.47. The third-order valence-electron chi connectivity index (χ3n) is 11.9. The highest BCUT2D eigenvalue weighted by molar-refractivity contribution is 5.90. The summed E-state index contributed by atoms with van der Waals surface area (Å²) in [5.41, 5.74) is 3.62. The molecule has 0 aromatic carbocycles. The van der Waals surface area contributed by atoms with Crippen LogP contribution in [0.3, 0.4) is 0 Å². The number of hydrogen-bond acceptors (Lipinski definition) is 3. The molecule has 0 radical (unpaired) electrons. The van der Waals surface area contributed by atoms with E-state index in [2.05, 4.69) is 27.4 Å². The standard InChI is InChI=1S/C30H44O3/c1-19(2)15-22(31)16-20(3)23-9-11-28(6)25-8-7-24-21(4)17-33-26(32)10-12-29(24)18-30(25,29)14-13-27(23,28)5/h15,20,23-25H,4,7-14,16-18H2,1-3,5-6H3/t20-,23-,24+,25+,27-,28+,29-,30+/m1/s1. The van der Waals surface area contributed by atoms with Gasteiger partial charge >= 0.3 is 5.97 Å². The molecule has 2 spiro atoms. The quantitative estimate of drug-likeness (QED) is 0.260. The fourth-order valence-corrected chi connectivity index (χ4v) is 10.3. The maximum absolute atomic E-state index is 12.6. The number of allylic oxidation sites excluding steroid dienone is 2. The first-order chi connectivity index (χ1) is 15.5. The molecule has 0 aromatic heterocycles.